The number of urea groups is 1. The third-order valence-electron chi connectivity index (χ3n) is 6.40. The summed E-state index contributed by atoms with van der Waals surface area (Å²) in [4.78, 5) is 33.9. The van der Waals surface area contributed by atoms with Gasteiger partial charge in [0.15, 0.2) is 0 Å². The summed E-state index contributed by atoms with van der Waals surface area (Å²) in [6.07, 6.45) is 7.97. The second kappa shape index (κ2) is 11.0. The number of nitrogens with one attached hydrogen (secondary N) is 1. The van der Waals surface area contributed by atoms with Crippen LogP contribution in [0.5, 0.6) is 5.88 Å². The molecule has 3 amide bonds. The zero-order valence-corrected chi connectivity index (χ0v) is 20.5. The van der Waals surface area contributed by atoms with Gasteiger partial charge in [-0.1, -0.05) is 13.0 Å². The van der Waals surface area contributed by atoms with E-state index in [4.69, 9.17) is 4.74 Å². The largest absolute Gasteiger partial charge is 0.472 e. The Kier molecular flexibility index (Phi) is 8.35. The summed E-state index contributed by atoms with van der Waals surface area (Å²) in [5.74, 6) is 0.0194. The first-order valence-corrected chi connectivity index (χ1v) is 12.0. The Morgan fingerprint density at radius 1 is 1.36 bits per heavy atom. The predicted octanol–water partition coefficient (Wildman–Crippen LogP) is 3.31. The number of ether oxygens (including phenoxy) is 1. The van der Waals surface area contributed by atoms with Crippen molar-refractivity contribution in [1.82, 2.24) is 20.1 Å². The first-order valence-electron chi connectivity index (χ1n) is 12.0. The van der Waals surface area contributed by atoms with E-state index in [0.717, 1.165) is 24.8 Å². The van der Waals surface area contributed by atoms with Crippen LogP contribution in [0, 0.1) is 5.92 Å². The van der Waals surface area contributed by atoms with E-state index in [9.17, 15) is 14.7 Å². The van der Waals surface area contributed by atoms with Crippen LogP contribution >= 0.6 is 0 Å². The van der Waals surface area contributed by atoms with Crippen molar-refractivity contribution in [2.45, 2.75) is 71.6 Å². The summed E-state index contributed by atoms with van der Waals surface area (Å²) in [6, 6.07) is 1.39. The lowest BCUT2D eigenvalue weighted by atomic mass is 9.93. The van der Waals surface area contributed by atoms with Crippen LogP contribution in [0.1, 0.15) is 69.3 Å². The molecule has 182 valence electrons. The lowest BCUT2D eigenvalue weighted by Crippen LogP contribution is -2.51. The minimum absolute atomic E-state index is 0.0315. The fourth-order valence-electron chi connectivity index (χ4n) is 4.31. The molecular formula is C25H38N4O4. The van der Waals surface area contributed by atoms with Crippen molar-refractivity contribution in [3.8, 4) is 5.88 Å². The van der Waals surface area contributed by atoms with Crippen molar-refractivity contribution >= 4 is 17.5 Å². The summed E-state index contributed by atoms with van der Waals surface area (Å²) >= 11 is 0. The second-order valence-electron chi connectivity index (χ2n) is 9.66. The van der Waals surface area contributed by atoms with E-state index in [2.05, 4.69) is 16.4 Å². The molecule has 0 bridgehead atoms. The van der Waals surface area contributed by atoms with Gasteiger partial charge in [0.1, 0.15) is 11.7 Å². The van der Waals surface area contributed by atoms with Crippen molar-refractivity contribution in [2.24, 2.45) is 5.92 Å². The maximum atomic E-state index is 13.5. The molecule has 0 saturated carbocycles. The minimum Gasteiger partial charge on any atom is -0.472 e. The van der Waals surface area contributed by atoms with Gasteiger partial charge in [0.2, 0.25) is 5.88 Å². The maximum Gasteiger partial charge on any atom is 0.317 e. The molecule has 8 heteroatoms. The Balaban J connectivity index is 1.95. The summed E-state index contributed by atoms with van der Waals surface area (Å²) in [5, 5.41) is 12.7. The van der Waals surface area contributed by atoms with Crippen LogP contribution in [0.25, 0.3) is 5.57 Å². The molecule has 0 saturated heterocycles. The monoisotopic (exact) mass is 458 g/mol. The lowest BCUT2D eigenvalue weighted by molar-refractivity contribution is 0.0351. The van der Waals surface area contributed by atoms with Gasteiger partial charge in [-0.05, 0) is 63.7 Å². The number of carbonyl (C=O) groups is 2. The summed E-state index contributed by atoms with van der Waals surface area (Å²) in [6.45, 7) is 8.30. The van der Waals surface area contributed by atoms with Crippen molar-refractivity contribution in [3.63, 3.8) is 0 Å². The number of nitrogens with zero attached hydrogens (tertiary/aromatic N) is 3. The number of carbonyl (C=O) groups excluding carboxylic acids is 2. The first-order chi connectivity index (χ1) is 15.7. The molecule has 1 aliphatic carbocycles. The van der Waals surface area contributed by atoms with Gasteiger partial charge in [0.25, 0.3) is 5.91 Å². The van der Waals surface area contributed by atoms with E-state index < -0.39 is 0 Å². The van der Waals surface area contributed by atoms with Gasteiger partial charge in [-0.25, -0.2) is 9.78 Å². The number of aromatic nitrogens is 1. The third-order valence-corrected chi connectivity index (χ3v) is 6.40. The number of aliphatic hydroxyl groups is 1. The molecule has 1 aromatic heterocycles. The molecule has 2 aliphatic rings. The molecule has 33 heavy (non-hydrogen) atoms. The highest BCUT2D eigenvalue weighted by Gasteiger charge is 2.35. The van der Waals surface area contributed by atoms with Crippen LogP contribution in [-0.2, 0) is 0 Å². The molecule has 3 rings (SSSR count). The molecule has 2 heterocycles. The molecule has 0 fully saturated rings. The highest BCUT2D eigenvalue weighted by Crippen LogP contribution is 2.32. The number of likely N-dealkylation sites (N-methyl/N-ethyl adjacent to an activating group) is 1. The number of fused-ring (bicyclic) bond motifs is 1. The number of allylic oxidation sites excluding steroid dienone is 2. The summed E-state index contributed by atoms with van der Waals surface area (Å²) in [7, 11) is 1.73. The fourth-order valence-corrected chi connectivity index (χ4v) is 4.31. The van der Waals surface area contributed by atoms with Crippen LogP contribution in [0.4, 0.5) is 4.79 Å². The van der Waals surface area contributed by atoms with E-state index in [1.807, 2.05) is 33.8 Å². The van der Waals surface area contributed by atoms with Crippen LogP contribution in [-0.4, -0.2) is 76.8 Å². The minimum atomic E-state index is -0.361. The Morgan fingerprint density at radius 3 is 2.76 bits per heavy atom. The van der Waals surface area contributed by atoms with Gasteiger partial charge < -0.3 is 25.0 Å². The standard InChI is InChI=1S/C25H38N4O4/c1-16(2)27-25(32)28(5)14-22-17(3)13-29(18(4)15-30)24(31)21-11-20(12-26-23(21)33-22)19-9-7-6-8-10-19/h9,11-12,16-18,22,30H,6-8,10,13-15H2,1-5H3,(H,27,32)/t17-,18+,22-/m0/s1. The lowest BCUT2D eigenvalue weighted by Gasteiger charge is -2.37. The van der Waals surface area contributed by atoms with Gasteiger partial charge in [-0.3, -0.25) is 4.79 Å². The van der Waals surface area contributed by atoms with E-state index >= 15 is 0 Å². The normalized spacial score (nSPS) is 22.0. The second-order valence-corrected chi connectivity index (χ2v) is 9.66. The molecule has 0 unspecified atom stereocenters. The van der Waals surface area contributed by atoms with E-state index in [1.165, 1.54) is 12.0 Å². The Morgan fingerprint density at radius 2 is 2.12 bits per heavy atom. The predicted molar refractivity (Wildman–Crippen MR) is 128 cm³/mol. The molecule has 1 aromatic rings. The molecule has 1 aliphatic heterocycles. The van der Waals surface area contributed by atoms with Crippen molar-refractivity contribution < 1.29 is 19.4 Å². The van der Waals surface area contributed by atoms with Gasteiger partial charge in [0.05, 0.1) is 19.2 Å². The first kappa shape index (κ1) is 25.0. The Hall–Kier alpha value is -2.61. The SMILES string of the molecule is CC(C)NC(=O)N(C)C[C@@H]1Oc2ncc(C3=CCCCC3)cc2C(=O)N([C@H](C)CO)C[C@@H]1C. The molecule has 0 spiro atoms. The highest BCUT2D eigenvalue weighted by atomic mass is 16.5. The maximum absolute atomic E-state index is 13.5. The number of aliphatic hydroxyl groups excluding tert-OH is 1. The third kappa shape index (κ3) is 6.05. The van der Waals surface area contributed by atoms with Crippen LogP contribution < -0.4 is 10.1 Å². The topological polar surface area (TPSA) is 95.0 Å². The van der Waals surface area contributed by atoms with Gasteiger partial charge in [-0.2, -0.15) is 0 Å². The number of hydrogen-bond acceptors (Lipinski definition) is 5. The highest BCUT2D eigenvalue weighted by molar-refractivity contribution is 5.97. The summed E-state index contributed by atoms with van der Waals surface area (Å²) in [5.41, 5.74) is 2.56. The van der Waals surface area contributed by atoms with Crippen molar-refractivity contribution in [1.29, 1.82) is 0 Å². The number of amides is 3. The van der Waals surface area contributed by atoms with Gasteiger partial charge in [0, 0.05) is 31.7 Å². The molecule has 8 nitrogen and oxygen atoms in total. The van der Waals surface area contributed by atoms with Crippen LogP contribution in [0.15, 0.2) is 18.3 Å². The number of hydrogen-bond donors (Lipinski definition) is 2. The molecule has 2 N–H and O–H groups in total. The van der Waals surface area contributed by atoms with Gasteiger partial charge >= 0.3 is 6.03 Å². The Labute approximate surface area is 197 Å². The number of pyridine rings is 1. The number of rotatable bonds is 6. The summed E-state index contributed by atoms with van der Waals surface area (Å²) < 4.78 is 6.29. The van der Waals surface area contributed by atoms with Gasteiger partial charge in [-0.15, -0.1) is 0 Å². The average Bonchev–Trinajstić information content (AvgIpc) is 2.80. The molecule has 0 radical (unpaired) electrons. The van der Waals surface area contributed by atoms with Crippen LogP contribution in [0.2, 0.25) is 0 Å². The molecule has 3 atom stereocenters. The smallest absolute Gasteiger partial charge is 0.317 e. The fraction of sp³-hybridized carbons (Fsp3) is 0.640. The van der Waals surface area contributed by atoms with Crippen LogP contribution in [0.3, 0.4) is 0 Å². The zero-order chi connectivity index (χ0) is 24.1. The quantitative estimate of drug-likeness (QED) is 0.682. The molecule has 0 aromatic carbocycles. The van der Waals surface area contributed by atoms with E-state index in [-0.39, 0.29) is 48.5 Å². The van der Waals surface area contributed by atoms with E-state index in [1.54, 1.807) is 23.0 Å². The van der Waals surface area contributed by atoms with Crippen molar-refractivity contribution in [2.75, 3.05) is 26.7 Å². The van der Waals surface area contributed by atoms with E-state index in [0.29, 0.717) is 18.7 Å². The Bertz CT molecular complexity index is 885. The van der Waals surface area contributed by atoms with Crippen molar-refractivity contribution in [3.05, 3.63) is 29.5 Å². The molecular weight excluding hydrogens is 420 g/mol. The zero-order valence-electron chi connectivity index (χ0n) is 20.5. The average molecular weight is 459 g/mol.